The molecule has 44 heavy (non-hydrogen) atoms. The highest BCUT2D eigenvalue weighted by molar-refractivity contribution is 5.87. The van der Waals surface area contributed by atoms with Crippen molar-refractivity contribution in [1.29, 1.82) is 0 Å². The van der Waals surface area contributed by atoms with Crippen molar-refractivity contribution in [3.8, 4) is 11.5 Å². The third-order valence-electron chi connectivity index (χ3n) is 9.39. The van der Waals surface area contributed by atoms with Crippen LogP contribution >= 0.6 is 0 Å². The van der Waals surface area contributed by atoms with Gasteiger partial charge in [0.15, 0.2) is 0 Å². The lowest BCUT2D eigenvalue weighted by molar-refractivity contribution is -0.143. The Morgan fingerprint density at radius 1 is 0.705 bits per heavy atom. The van der Waals surface area contributed by atoms with E-state index < -0.39 is 24.1 Å². The van der Waals surface area contributed by atoms with Crippen LogP contribution in [0.3, 0.4) is 0 Å². The quantitative estimate of drug-likeness (QED) is 0.224. The predicted molar refractivity (Wildman–Crippen MR) is 165 cm³/mol. The smallest absolute Gasteiger partial charge is 0.333 e. The van der Waals surface area contributed by atoms with E-state index in [1.165, 1.54) is 43.2 Å². The van der Waals surface area contributed by atoms with Crippen LogP contribution in [0.15, 0.2) is 72.8 Å². The van der Waals surface area contributed by atoms with Gasteiger partial charge in [-0.3, -0.25) is 0 Å². The van der Waals surface area contributed by atoms with Crippen molar-refractivity contribution in [2.75, 3.05) is 26.4 Å². The molecule has 4 saturated carbocycles. The van der Waals surface area contributed by atoms with Gasteiger partial charge in [0.25, 0.3) is 0 Å². The summed E-state index contributed by atoms with van der Waals surface area (Å²) in [6.45, 7) is 9.99. The predicted octanol–water partition coefficient (Wildman–Crippen LogP) is 5.19. The van der Waals surface area contributed by atoms with Crippen LogP contribution in [-0.4, -0.2) is 60.8 Å². The Hall–Kier alpha value is -3.62. The van der Waals surface area contributed by atoms with Crippen molar-refractivity contribution in [3.63, 3.8) is 0 Å². The third-order valence-corrected chi connectivity index (χ3v) is 9.39. The molecule has 2 aromatic carbocycles. The van der Waals surface area contributed by atoms with E-state index in [1.54, 1.807) is 13.8 Å². The van der Waals surface area contributed by atoms with Gasteiger partial charge in [-0.1, -0.05) is 37.4 Å². The Morgan fingerprint density at radius 3 is 1.41 bits per heavy atom. The number of carbonyl (C=O) groups is 2. The summed E-state index contributed by atoms with van der Waals surface area (Å²) in [7, 11) is 0. The molecule has 2 atom stereocenters. The summed E-state index contributed by atoms with van der Waals surface area (Å²) in [5.74, 6) is 1.68. The minimum Gasteiger partial charge on any atom is -0.491 e. The Bertz CT molecular complexity index is 1250. The first-order valence-corrected chi connectivity index (χ1v) is 15.4. The molecule has 4 aliphatic carbocycles. The second-order valence-electron chi connectivity index (χ2n) is 13.3. The molecule has 4 aliphatic rings. The fourth-order valence-corrected chi connectivity index (χ4v) is 7.82. The summed E-state index contributed by atoms with van der Waals surface area (Å²) in [6, 6.07) is 16.6. The molecule has 0 spiro atoms. The van der Waals surface area contributed by atoms with Crippen molar-refractivity contribution in [3.05, 3.63) is 84.0 Å². The maximum absolute atomic E-state index is 11.5. The number of rotatable bonds is 14. The van der Waals surface area contributed by atoms with Crippen molar-refractivity contribution >= 4 is 11.9 Å². The molecule has 8 heteroatoms. The van der Waals surface area contributed by atoms with Gasteiger partial charge >= 0.3 is 11.9 Å². The van der Waals surface area contributed by atoms with Gasteiger partial charge in [0.05, 0.1) is 0 Å². The van der Waals surface area contributed by atoms with E-state index >= 15 is 0 Å². The van der Waals surface area contributed by atoms with E-state index in [9.17, 15) is 19.8 Å². The van der Waals surface area contributed by atoms with Gasteiger partial charge in [-0.2, -0.15) is 0 Å². The lowest BCUT2D eigenvalue weighted by Crippen LogP contribution is -2.55. The van der Waals surface area contributed by atoms with Crippen molar-refractivity contribution in [2.45, 2.75) is 75.4 Å². The second kappa shape index (κ2) is 13.2. The average molecular weight is 605 g/mol. The summed E-state index contributed by atoms with van der Waals surface area (Å²) in [5, 5.41) is 20.3. The summed E-state index contributed by atoms with van der Waals surface area (Å²) >= 11 is 0. The zero-order valence-corrected chi connectivity index (χ0v) is 25.8. The van der Waals surface area contributed by atoms with Crippen LogP contribution in [0.1, 0.15) is 63.5 Å². The molecule has 0 heterocycles. The van der Waals surface area contributed by atoms with Gasteiger partial charge in [0.1, 0.15) is 50.1 Å². The van der Waals surface area contributed by atoms with Crippen LogP contribution in [0.2, 0.25) is 0 Å². The normalized spacial score (nSPS) is 26.4. The molecule has 6 rings (SSSR count). The van der Waals surface area contributed by atoms with Gasteiger partial charge in [-0.25, -0.2) is 9.59 Å². The second-order valence-corrected chi connectivity index (χ2v) is 13.3. The largest absolute Gasteiger partial charge is 0.491 e. The van der Waals surface area contributed by atoms with Gasteiger partial charge < -0.3 is 29.2 Å². The molecule has 2 N–H and O–H groups in total. The highest BCUT2D eigenvalue weighted by Gasteiger charge is 2.58. The van der Waals surface area contributed by atoms with E-state index in [4.69, 9.17) is 18.9 Å². The van der Waals surface area contributed by atoms with E-state index in [0.29, 0.717) is 34.5 Å². The van der Waals surface area contributed by atoms with E-state index in [-0.39, 0.29) is 37.3 Å². The standard InChI is InChI=1S/C36H44O8/c1-23(2)33(39)43-20-29(37)18-41-31-9-5-27(6-10-31)35-14-25-13-26(15-35)17-36(16-25,22-35)28-7-11-32(12-8-28)42-19-30(38)21-44-34(40)24(3)4/h5-12,25-26,29-30,37-38H,1,3,13-22H2,2,4H3. The summed E-state index contributed by atoms with van der Waals surface area (Å²) < 4.78 is 21.6. The fraction of sp³-hybridized carbons (Fsp3) is 0.500. The monoisotopic (exact) mass is 604 g/mol. The Kier molecular flexibility index (Phi) is 9.51. The number of aliphatic hydroxyl groups excluding tert-OH is 2. The fourth-order valence-electron chi connectivity index (χ4n) is 7.82. The topological polar surface area (TPSA) is 112 Å². The molecule has 2 aromatic rings. The molecule has 0 radical (unpaired) electrons. The molecule has 0 saturated heterocycles. The van der Waals surface area contributed by atoms with Gasteiger partial charge in [-0.05, 0) is 110 Å². The van der Waals surface area contributed by atoms with Crippen LogP contribution < -0.4 is 9.47 Å². The third kappa shape index (κ3) is 7.19. The molecule has 0 aliphatic heterocycles. The maximum atomic E-state index is 11.5. The maximum Gasteiger partial charge on any atom is 0.333 e. The minimum atomic E-state index is -0.922. The summed E-state index contributed by atoms with van der Waals surface area (Å²) in [5.41, 5.74) is 3.53. The molecule has 4 bridgehead atoms. The SMILES string of the molecule is C=C(C)C(=O)OCC(O)COc1ccc(C23CC4CC(C2)CC(c2ccc(OCC(O)COC(=O)C(=C)C)cc2)(C4)C3)cc1. The first-order valence-electron chi connectivity index (χ1n) is 15.4. The number of benzene rings is 2. The number of hydrogen-bond donors (Lipinski definition) is 2. The first-order chi connectivity index (χ1) is 21.0. The number of carbonyl (C=O) groups excluding carboxylic acids is 2. The Balaban J connectivity index is 1.20. The summed E-state index contributed by atoms with van der Waals surface area (Å²) in [6.07, 6.45) is 5.37. The van der Waals surface area contributed by atoms with Crippen molar-refractivity contribution in [2.24, 2.45) is 11.8 Å². The Morgan fingerprint density at radius 2 is 1.07 bits per heavy atom. The van der Waals surface area contributed by atoms with Crippen molar-refractivity contribution in [1.82, 2.24) is 0 Å². The first kappa shape index (κ1) is 31.8. The average Bonchev–Trinajstić information content (AvgIpc) is 3.00. The van der Waals surface area contributed by atoms with Crippen LogP contribution in [0, 0.1) is 11.8 Å². The zero-order valence-electron chi connectivity index (χ0n) is 25.8. The van der Waals surface area contributed by atoms with Gasteiger partial charge in [0, 0.05) is 11.1 Å². The molecular weight excluding hydrogens is 560 g/mol. The summed E-state index contributed by atoms with van der Waals surface area (Å²) in [4.78, 5) is 23.1. The van der Waals surface area contributed by atoms with Gasteiger partial charge in [0.2, 0.25) is 0 Å². The number of aliphatic hydroxyl groups is 2. The number of hydrogen-bond acceptors (Lipinski definition) is 8. The molecule has 0 amide bonds. The van der Waals surface area contributed by atoms with Crippen LogP contribution in [0.25, 0.3) is 0 Å². The zero-order chi connectivity index (χ0) is 31.5. The van der Waals surface area contributed by atoms with E-state index in [0.717, 1.165) is 6.42 Å². The molecule has 0 aromatic heterocycles. The lowest BCUT2D eigenvalue weighted by atomic mass is 9.42. The molecule has 236 valence electrons. The van der Waals surface area contributed by atoms with Crippen LogP contribution in [-0.2, 0) is 29.9 Å². The van der Waals surface area contributed by atoms with Crippen LogP contribution in [0.4, 0.5) is 0 Å². The minimum absolute atomic E-state index is 0.0301. The molecule has 4 fully saturated rings. The molecule has 8 nitrogen and oxygen atoms in total. The van der Waals surface area contributed by atoms with Crippen LogP contribution in [0.5, 0.6) is 11.5 Å². The number of ether oxygens (including phenoxy) is 4. The highest BCUT2D eigenvalue weighted by Crippen LogP contribution is 2.66. The number of esters is 2. The van der Waals surface area contributed by atoms with E-state index in [2.05, 4.69) is 37.4 Å². The highest BCUT2D eigenvalue weighted by atomic mass is 16.6. The lowest BCUT2D eigenvalue weighted by Gasteiger charge is -2.62. The van der Waals surface area contributed by atoms with Gasteiger partial charge in [-0.15, -0.1) is 0 Å². The Labute approximate surface area is 259 Å². The van der Waals surface area contributed by atoms with E-state index in [1.807, 2.05) is 24.3 Å². The van der Waals surface area contributed by atoms with Crippen molar-refractivity contribution < 1.29 is 38.7 Å². The molecule has 2 unspecified atom stereocenters. The molecular formula is C36H44O8.